The van der Waals surface area contributed by atoms with Gasteiger partial charge in [-0.15, -0.1) is 0 Å². The van der Waals surface area contributed by atoms with E-state index >= 15 is 0 Å². The highest BCUT2D eigenvalue weighted by Crippen LogP contribution is 2.18. The van der Waals surface area contributed by atoms with Crippen LogP contribution >= 0.6 is 0 Å². The third-order valence-electron chi connectivity index (χ3n) is 3.58. The molecular weight excluding hydrogens is 206 g/mol. The first-order valence-corrected chi connectivity index (χ1v) is 6.16. The largest absolute Gasteiger partial charge is 0.377 e. The SMILES string of the molecule is CON1CCC(N)(NCC2CCCO2)CC1. The monoisotopic (exact) mass is 229 g/mol. The van der Waals surface area contributed by atoms with Crippen molar-refractivity contribution in [1.29, 1.82) is 0 Å². The first-order valence-electron chi connectivity index (χ1n) is 6.16. The van der Waals surface area contributed by atoms with Gasteiger partial charge in [-0.1, -0.05) is 0 Å². The van der Waals surface area contributed by atoms with Gasteiger partial charge in [0.05, 0.1) is 18.9 Å². The van der Waals surface area contributed by atoms with Gasteiger partial charge in [-0.05, 0) is 25.7 Å². The van der Waals surface area contributed by atoms with Crippen molar-refractivity contribution in [3.8, 4) is 0 Å². The normalized spacial score (nSPS) is 30.8. The molecule has 0 aliphatic carbocycles. The Hall–Kier alpha value is -0.200. The Labute approximate surface area is 97.2 Å². The molecule has 2 aliphatic rings. The third-order valence-corrected chi connectivity index (χ3v) is 3.58. The molecule has 16 heavy (non-hydrogen) atoms. The number of piperidine rings is 1. The second kappa shape index (κ2) is 5.42. The highest BCUT2D eigenvalue weighted by molar-refractivity contribution is 4.87. The third kappa shape index (κ3) is 3.15. The van der Waals surface area contributed by atoms with Crippen molar-refractivity contribution in [3.05, 3.63) is 0 Å². The van der Waals surface area contributed by atoms with Gasteiger partial charge in [0, 0.05) is 26.2 Å². The summed E-state index contributed by atoms with van der Waals surface area (Å²) in [7, 11) is 1.71. The van der Waals surface area contributed by atoms with Crippen LogP contribution in [-0.4, -0.2) is 50.2 Å². The van der Waals surface area contributed by atoms with Crippen molar-refractivity contribution < 1.29 is 9.57 Å². The first kappa shape index (κ1) is 12.3. The summed E-state index contributed by atoms with van der Waals surface area (Å²) in [5, 5.41) is 5.41. The lowest BCUT2D eigenvalue weighted by atomic mass is 9.98. The summed E-state index contributed by atoms with van der Waals surface area (Å²) in [6, 6.07) is 0. The molecule has 2 saturated heterocycles. The molecule has 94 valence electrons. The smallest absolute Gasteiger partial charge is 0.0700 e. The van der Waals surface area contributed by atoms with Crippen molar-refractivity contribution in [2.75, 3.05) is 33.4 Å². The van der Waals surface area contributed by atoms with E-state index in [0.29, 0.717) is 6.10 Å². The van der Waals surface area contributed by atoms with Crippen molar-refractivity contribution in [3.63, 3.8) is 0 Å². The van der Waals surface area contributed by atoms with Gasteiger partial charge in [0.2, 0.25) is 0 Å². The van der Waals surface area contributed by atoms with Crippen LogP contribution < -0.4 is 11.1 Å². The number of hydrogen-bond donors (Lipinski definition) is 2. The second-order valence-electron chi connectivity index (χ2n) is 4.78. The lowest BCUT2D eigenvalue weighted by Gasteiger charge is -2.39. The van der Waals surface area contributed by atoms with Crippen LogP contribution in [0.4, 0.5) is 0 Å². The van der Waals surface area contributed by atoms with Crippen molar-refractivity contribution in [2.24, 2.45) is 5.73 Å². The van der Waals surface area contributed by atoms with E-state index in [1.54, 1.807) is 7.11 Å². The molecule has 0 saturated carbocycles. The Morgan fingerprint density at radius 1 is 1.50 bits per heavy atom. The summed E-state index contributed by atoms with van der Waals surface area (Å²) in [6.07, 6.45) is 4.55. The van der Waals surface area contributed by atoms with Crippen LogP contribution in [0.1, 0.15) is 25.7 Å². The zero-order chi connectivity index (χ0) is 11.4. The van der Waals surface area contributed by atoms with Crippen LogP contribution in [0.2, 0.25) is 0 Å². The van der Waals surface area contributed by atoms with Crippen LogP contribution in [0.3, 0.4) is 0 Å². The number of nitrogens with two attached hydrogens (primary N) is 1. The fourth-order valence-corrected chi connectivity index (χ4v) is 2.37. The molecule has 0 aromatic heterocycles. The summed E-state index contributed by atoms with van der Waals surface area (Å²) < 4.78 is 5.58. The fraction of sp³-hybridized carbons (Fsp3) is 1.00. The molecule has 5 nitrogen and oxygen atoms in total. The average Bonchev–Trinajstić information content (AvgIpc) is 2.81. The van der Waals surface area contributed by atoms with E-state index < -0.39 is 0 Å². The predicted octanol–water partition coefficient (Wildman–Crippen LogP) is 0.0672. The molecule has 5 heteroatoms. The molecule has 1 unspecified atom stereocenters. The van der Waals surface area contributed by atoms with E-state index in [-0.39, 0.29) is 5.66 Å². The number of ether oxygens (including phenoxy) is 1. The zero-order valence-corrected chi connectivity index (χ0v) is 10.1. The van der Waals surface area contributed by atoms with Gasteiger partial charge in [0.1, 0.15) is 0 Å². The molecule has 2 fully saturated rings. The predicted molar refractivity (Wildman–Crippen MR) is 61.7 cm³/mol. The number of hydrogen-bond acceptors (Lipinski definition) is 5. The summed E-state index contributed by atoms with van der Waals surface area (Å²) in [6.45, 7) is 3.57. The van der Waals surface area contributed by atoms with Gasteiger partial charge in [-0.25, -0.2) is 0 Å². The first-order chi connectivity index (χ1) is 7.72. The van der Waals surface area contributed by atoms with Crippen molar-refractivity contribution in [1.82, 2.24) is 10.4 Å². The van der Waals surface area contributed by atoms with E-state index in [9.17, 15) is 0 Å². The summed E-state index contributed by atoms with van der Waals surface area (Å²) in [4.78, 5) is 5.19. The van der Waals surface area contributed by atoms with E-state index in [1.807, 2.05) is 5.06 Å². The van der Waals surface area contributed by atoms with E-state index in [4.69, 9.17) is 15.3 Å². The molecule has 1 atom stereocenters. The molecule has 0 amide bonds. The van der Waals surface area contributed by atoms with E-state index in [0.717, 1.165) is 45.5 Å². The van der Waals surface area contributed by atoms with Crippen molar-refractivity contribution in [2.45, 2.75) is 37.5 Å². The Morgan fingerprint density at radius 3 is 2.81 bits per heavy atom. The maximum atomic E-state index is 6.31. The summed E-state index contributed by atoms with van der Waals surface area (Å²) in [5.74, 6) is 0. The Morgan fingerprint density at radius 2 is 2.25 bits per heavy atom. The van der Waals surface area contributed by atoms with Crippen LogP contribution in [0.15, 0.2) is 0 Å². The zero-order valence-electron chi connectivity index (χ0n) is 10.1. The number of nitrogens with zero attached hydrogens (tertiary/aromatic N) is 1. The van der Waals surface area contributed by atoms with E-state index in [1.165, 1.54) is 6.42 Å². The lowest BCUT2D eigenvalue weighted by molar-refractivity contribution is -0.152. The minimum Gasteiger partial charge on any atom is -0.377 e. The molecule has 2 heterocycles. The molecular formula is C11H23N3O2. The molecule has 0 radical (unpaired) electrons. The van der Waals surface area contributed by atoms with Gasteiger partial charge in [0.25, 0.3) is 0 Å². The fourth-order valence-electron chi connectivity index (χ4n) is 2.37. The van der Waals surface area contributed by atoms with E-state index in [2.05, 4.69) is 5.32 Å². The van der Waals surface area contributed by atoms with Crippen LogP contribution in [0.5, 0.6) is 0 Å². The lowest BCUT2D eigenvalue weighted by Crippen LogP contribution is -2.60. The van der Waals surface area contributed by atoms with Gasteiger partial charge >= 0.3 is 0 Å². The molecule has 0 aromatic carbocycles. The van der Waals surface area contributed by atoms with Crippen molar-refractivity contribution >= 4 is 0 Å². The highest BCUT2D eigenvalue weighted by Gasteiger charge is 2.31. The number of nitrogens with one attached hydrogen (secondary N) is 1. The van der Waals surface area contributed by atoms with Crippen LogP contribution in [0.25, 0.3) is 0 Å². The van der Waals surface area contributed by atoms with Crippen LogP contribution in [0, 0.1) is 0 Å². The van der Waals surface area contributed by atoms with Gasteiger partial charge in [-0.2, -0.15) is 5.06 Å². The minimum atomic E-state index is -0.235. The maximum absolute atomic E-state index is 6.31. The van der Waals surface area contributed by atoms with Crippen LogP contribution in [-0.2, 0) is 9.57 Å². The van der Waals surface area contributed by atoms with Gasteiger partial charge < -0.3 is 15.3 Å². The number of hydroxylamine groups is 2. The maximum Gasteiger partial charge on any atom is 0.0700 e. The molecule has 3 N–H and O–H groups in total. The standard InChI is InChI=1S/C11H23N3O2/c1-15-14-6-4-11(12,5-7-14)13-9-10-3-2-8-16-10/h10,13H,2-9,12H2,1H3. The summed E-state index contributed by atoms with van der Waals surface area (Å²) in [5.41, 5.74) is 6.07. The Kier molecular flexibility index (Phi) is 4.16. The molecule has 2 rings (SSSR count). The van der Waals surface area contributed by atoms with Gasteiger partial charge in [-0.3, -0.25) is 5.32 Å². The Bertz CT molecular complexity index is 211. The second-order valence-corrected chi connectivity index (χ2v) is 4.78. The quantitative estimate of drug-likeness (QED) is 0.668. The highest BCUT2D eigenvalue weighted by atomic mass is 16.7. The minimum absolute atomic E-state index is 0.235. The summed E-state index contributed by atoms with van der Waals surface area (Å²) >= 11 is 0. The molecule has 0 bridgehead atoms. The number of rotatable bonds is 4. The average molecular weight is 229 g/mol. The molecule has 0 spiro atoms. The molecule has 2 aliphatic heterocycles. The topological polar surface area (TPSA) is 59.8 Å². The van der Waals surface area contributed by atoms with Gasteiger partial charge in [0.15, 0.2) is 0 Å². The molecule has 0 aromatic rings. The Balaban J connectivity index is 1.71.